The van der Waals surface area contributed by atoms with Crippen molar-refractivity contribution in [2.45, 2.75) is 6.92 Å². The third kappa shape index (κ3) is 2.32. The van der Waals surface area contributed by atoms with Gasteiger partial charge in [0, 0.05) is 22.7 Å². The van der Waals surface area contributed by atoms with Gasteiger partial charge in [0.2, 0.25) is 0 Å². The zero-order valence-corrected chi connectivity index (χ0v) is 11.2. The normalized spacial score (nSPS) is 10.1. The second kappa shape index (κ2) is 5.06. The number of carbonyl (C=O) groups excluding carboxylic acids is 1. The van der Waals surface area contributed by atoms with E-state index in [9.17, 15) is 4.79 Å². The third-order valence-electron chi connectivity index (χ3n) is 2.98. The molecule has 0 aliphatic carbocycles. The number of H-pyrrole nitrogens is 1. The average Bonchev–Trinajstić information content (AvgIpc) is 2.95. The molecule has 0 saturated carbocycles. The Kier molecular flexibility index (Phi) is 3.09. The van der Waals surface area contributed by atoms with E-state index in [1.54, 1.807) is 13.1 Å². The zero-order chi connectivity index (χ0) is 14.8. The number of aromatic amines is 1. The fraction of sp³-hybridized carbons (Fsp3) is 0.0667. The minimum Gasteiger partial charge on any atom is -0.364 e. The summed E-state index contributed by atoms with van der Waals surface area (Å²) in [6, 6.07) is 5.25. The molecule has 0 bridgehead atoms. The summed E-state index contributed by atoms with van der Waals surface area (Å²) in [5.74, 6) is 5.67. The van der Waals surface area contributed by atoms with Gasteiger partial charge in [-0.15, -0.1) is 5.92 Å². The van der Waals surface area contributed by atoms with Crippen molar-refractivity contribution in [3.05, 3.63) is 41.9 Å². The van der Waals surface area contributed by atoms with Crippen LogP contribution in [0.5, 0.6) is 0 Å². The van der Waals surface area contributed by atoms with E-state index in [-0.39, 0.29) is 5.69 Å². The Morgan fingerprint density at radius 3 is 3.00 bits per heavy atom. The molecule has 0 spiro atoms. The quantitative estimate of drug-likeness (QED) is 0.693. The van der Waals surface area contributed by atoms with Gasteiger partial charge in [0.25, 0.3) is 5.91 Å². The number of carbonyl (C=O) groups is 1. The molecule has 1 aromatic carbocycles. The van der Waals surface area contributed by atoms with Gasteiger partial charge in [-0.1, -0.05) is 5.92 Å². The van der Waals surface area contributed by atoms with Gasteiger partial charge in [0.15, 0.2) is 5.82 Å². The number of nitrogens with one attached hydrogen (secondary N) is 1. The first-order valence-electron chi connectivity index (χ1n) is 6.22. The minimum atomic E-state index is -0.591. The van der Waals surface area contributed by atoms with Crippen molar-refractivity contribution in [3.63, 3.8) is 0 Å². The summed E-state index contributed by atoms with van der Waals surface area (Å²) in [5.41, 5.74) is 7.83. The molecule has 0 aliphatic heterocycles. The first-order chi connectivity index (χ1) is 10.2. The lowest BCUT2D eigenvalue weighted by molar-refractivity contribution is 0.0995. The molecule has 6 nitrogen and oxygen atoms in total. The maximum atomic E-state index is 11.3. The molecule has 0 radical (unpaired) electrons. The van der Waals surface area contributed by atoms with E-state index in [0.717, 1.165) is 22.0 Å². The number of aromatic nitrogens is 4. The van der Waals surface area contributed by atoms with E-state index in [1.165, 1.54) is 12.3 Å². The van der Waals surface area contributed by atoms with E-state index in [4.69, 9.17) is 5.73 Å². The summed E-state index contributed by atoms with van der Waals surface area (Å²) in [4.78, 5) is 19.7. The summed E-state index contributed by atoms with van der Waals surface area (Å²) in [5, 5.41) is 7.79. The van der Waals surface area contributed by atoms with Gasteiger partial charge in [0.1, 0.15) is 5.69 Å². The molecule has 21 heavy (non-hydrogen) atoms. The lowest BCUT2D eigenvalue weighted by Crippen LogP contribution is -2.13. The highest BCUT2D eigenvalue weighted by Crippen LogP contribution is 2.26. The molecule has 3 aromatic rings. The highest BCUT2D eigenvalue weighted by Gasteiger charge is 2.12. The lowest BCUT2D eigenvalue weighted by atomic mass is 10.1. The maximum absolute atomic E-state index is 11.3. The number of amides is 1. The Bertz CT molecular complexity index is 901. The van der Waals surface area contributed by atoms with E-state index in [1.807, 2.05) is 12.1 Å². The fourth-order valence-electron chi connectivity index (χ4n) is 2.08. The molecule has 0 unspecified atom stereocenters. The molecule has 0 saturated heterocycles. The highest BCUT2D eigenvalue weighted by molar-refractivity contribution is 5.95. The van der Waals surface area contributed by atoms with E-state index >= 15 is 0 Å². The summed E-state index contributed by atoms with van der Waals surface area (Å²) in [7, 11) is 0. The molecule has 1 amide bonds. The molecule has 0 atom stereocenters. The van der Waals surface area contributed by atoms with Gasteiger partial charge in [-0.05, 0) is 25.1 Å². The zero-order valence-electron chi connectivity index (χ0n) is 11.2. The third-order valence-corrected chi connectivity index (χ3v) is 2.98. The number of nitrogens with two attached hydrogens (primary N) is 1. The van der Waals surface area contributed by atoms with E-state index < -0.39 is 5.91 Å². The smallest absolute Gasteiger partial charge is 0.267 e. The summed E-state index contributed by atoms with van der Waals surface area (Å²) in [6.07, 6.45) is 3.20. The van der Waals surface area contributed by atoms with Crippen molar-refractivity contribution < 1.29 is 4.79 Å². The number of rotatable bonds is 2. The standard InChI is InChI=1S/C15H11N5O/c1-2-3-9-6-10(11-8-18-20-13(11)7-9)15-17-5-4-12(19-15)14(16)21/h4-8H,1H3,(H2,16,21)(H,18,20). The Balaban J connectivity index is 2.27. The predicted molar refractivity (Wildman–Crippen MR) is 78.2 cm³/mol. The van der Waals surface area contributed by atoms with Crippen LogP contribution in [0.15, 0.2) is 30.6 Å². The second-order valence-electron chi connectivity index (χ2n) is 4.36. The minimum absolute atomic E-state index is 0.170. The summed E-state index contributed by atoms with van der Waals surface area (Å²) in [6.45, 7) is 1.76. The first kappa shape index (κ1) is 12.8. The first-order valence-corrected chi connectivity index (χ1v) is 6.22. The molecular weight excluding hydrogens is 266 g/mol. The van der Waals surface area contributed by atoms with Crippen molar-refractivity contribution in [2.24, 2.45) is 5.73 Å². The molecule has 3 rings (SSSR count). The molecule has 3 N–H and O–H groups in total. The molecular formula is C15H11N5O. The molecule has 0 fully saturated rings. The van der Waals surface area contributed by atoms with Gasteiger partial charge in [-0.3, -0.25) is 9.89 Å². The van der Waals surface area contributed by atoms with Crippen LogP contribution < -0.4 is 5.73 Å². The van der Waals surface area contributed by atoms with Crippen molar-refractivity contribution in [2.75, 3.05) is 0 Å². The van der Waals surface area contributed by atoms with Crippen LogP contribution in [0.4, 0.5) is 0 Å². The maximum Gasteiger partial charge on any atom is 0.267 e. The molecule has 6 heteroatoms. The SMILES string of the molecule is CC#Cc1cc(-c2nccc(C(N)=O)n2)c2cn[nH]c2c1. The summed E-state index contributed by atoms with van der Waals surface area (Å²) < 4.78 is 0. The van der Waals surface area contributed by atoms with Crippen LogP contribution in [-0.4, -0.2) is 26.1 Å². The molecule has 2 aromatic heterocycles. The molecule has 0 aliphatic rings. The van der Waals surface area contributed by atoms with Crippen LogP contribution >= 0.6 is 0 Å². The second-order valence-corrected chi connectivity index (χ2v) is 4.36. The number of fused-ring (bicyclic) bond motifs is 1. The number of benzene rings is 1. The van der Waals surface area contributed by atoms with Crippen LogP contribution in [0, 0.1) is 11.8 Å². The van der Waals surface area contributed by atoms with Crippen molar-refractivity contribution >= 4 is 16.8 Å². The van der Waals surface area contributed by atoms with Crippen LogP contribution in [-0.2, 0) is 0 Å². The van der Waals surface area contributed by atoms with Crippen molar-refractivity contribution in [3.8, 4) is 23.2 Å². The fourth-order valence-corrected chi connectivity index (χ4v) is 2.08. The number of hydrogen-bond donors (Lipinski definition) is 2. The van der Waals surface area contributed by atoms with Crippen molar-refractivity contribution in [1.29, 1.82) is 0 Å². The number of nitrogens with zero attached hydrogens (tertiary/aromatic N) is 3. The molecule has 102 valence electrons. The van der Waals surface area contributed by atoms with Crippen molar-refractivity contribution in [1.82, 2.24) is 20.2 Å². The van der Waals surface area contributed by atoms with Crippen LogP contribution in [0.3, 0.4) is 0 Å². The topological polar surface area (TPSA) is 97.6 Å². The highest BCUT2D eigenvalue weighted by atomic mass is 16.1. The summed E-state index contributed by atoms with van der Waals surface area (Å²) >= 11 is 0. The lowest BCUT2D eigenvalue weighted by Gasteiger charge is -2.04. The van der Waals surface area contributed by atoms with Crippen LogP contribution in [0.1, 0.15) is 23.0 Å². The molecule has 2 heterocycles. The van der Waals surface area contributed by atoms with Crippen LogP contribution in [0.25, 0.3) is 22.3 Å². The average molecular weight is 277 g/mol. The van der Waals surface area contributed by atoms with Gasteiger partial charge in [0.05, 0.1) is 11.7 Å². The van der Waals surface area contributed by atoms with E-state index in [0.29, 0.717) is 5.82 Å². The van der Waals surface area contributed by atoms with Gasteiger partial charge in [-0.25, -0.2) is 9.97 Å². The monoisotopic (exact) mass is 277 g/mol. The largest absolute Gasteiger partial charge is 0.364 e. The Labute approximate surface area is 120 Å². The number of primary amides is 1. The van der Waals surface area contributed by atoms with Gasteiger partial charge in [-0.2, -0.15) is 5.10 Å². The Hall–Kier alpha value is -3.20. The van der Waals surface area contributed by atoms with E-state index in [2.05, 4.69) is 32.0 Å². The predicted octanol–water partition coefficient (Wildman–Crippen LogP) is 1.49. The van der Waals surface area contributed by atoms with Gasteiger partial charge < -0.3 is 5.73 Å². The van der Waals surface area contributed by atoms with Crippen LogP contribution in [0.2, 0.25) is 0 Å². The van der Waals surface area contributed by atoms with Gasteiger partial charge >= 0.3 is 0 Å². The Morgan fingerprint density at radius 2 is 2.24 bits per heavy atom. The number of hydrogen-bond acceptors (Lipinski definition) is 4. The Morgan fingerprint density at radius 1 is 1.38 bits per heavy atom.